The summed E-state index contributed by atoms with van der Waals surface area (Å²) in [6, 6.07) is 13.9. The fourth-order valence-electron chi connectivity index (χ4n) is 2.70. The molecule has 0 radical (unpaired) electrons. The molecule has 0 bridgehead atoms. The number of ether oxygens (including phenoxy) is 1. The highest BCUT2D eigenvalue weighted by Crippen LogP contribution is 2.25. The van der Waals surface area contributed by atoms with Crippen LogP contribution in [0.25, 0.3) is 0 Å². The van der Waals surface area contributed by atoms with Crippen LogP contribution in [0.15, 0.2) is 65.7 Å². The van der Waals surface area contributed by atoms with Gasteiger partial charge in [0, 0.05) is 12.7 Å². The molecule has 1 aromatic heterocycles. The second-order valence-electron chi connectivity index (χ2n) is 6.98. The SMILES string of the molecule is C[C@@H](OC(=O)c1ccc(Cl)c(S(=O)(=O)NCc2ccccc2)c1)C(=O)Nc1ncc(Cl)cc1Cl. The second-order valence-corrected chi connectivity index (χ2v) is 9.96. The quantitative estimate of drug-likeness (QED) is 0.399. The maximum Gasteiger partial charge on any atom is 0.338 e. The Kier molecular flexibility index (Phi) is 8.51. The molecule has 178 valence electrons. The monoisotopic (exact) mass is 541 g/mol. The normalized spacial score (nSPS) is 12.1. The van der Waals surface area contributed by atoms with Crippen molar-refractivity contribution in [1.82, 2.24) is 9.71 Å². The molecule has 1 heterocycles. The zero-order valence-corrected chi connectivity index (χ0v) is 20.7. The Balaban J connectivity index is 1.70. The molecule has 12 heteroatoms. The largest absolute Gasteiger partial charge is 0.449 e. The summed E-state index contributed by atoms with van der Waals surface area (Å²) in [5.74, 6) is -1.58. The molecule has 2 aromatic carbocycles. The van der Waals surface area contributed by atoms with Crippen LogP contribution in [0.4, 0.5) is 5.82 Å². The molecule has 0 fully saturated rings. The summed E-state index contributed by atoms with van der Waals surface area (Å²) in [5.41, 5.74) is 0.639. The van der Waals surface area contributed by atoms with Gasteiger partial charge in [-0.3, -0.25) is 4.79 Å². The van der Waals surface area contributed by atoms with Gasteiger partial charge in [-0.05, 0) is 36.8 Å². The predicted octanol–water partition coefficient (Wildman–Crippen LogP) is 4.70. The topological polar surface area (TPSA) is 114 Å². The van der Waals surface area contributed by atoms with E-state index in [1.165, 1.54) is 31.3 Å². The fourth-order valence-corrected chi connectivity index (χ4v) is 4.66. The first-order valence-corrected chi connectivity index (χ1v) is 12.3. The Hall–Kier alpha value is -2.69. The van der Waals surface area contributed by atoms with E-state index in [9.17, 15) is 18.0 Å². The highest BCUT2D eigenvalue weighted by atomic mass is 35.5. The van der Waals surface area contributed by atoms with Gasteiger partial charge in [-0.1, -0.05) is 65.1 Å². The molecule has 0 spiro atoms. The third-order valence-corrected chi connectivity index (χ3v) is 6.85. The Morgan fingerprint density at radius 1 is 1.03 bits per heavy atom. The van der Waals surface area contributed by atoms with Crippen LogP contribution in [0.1, 0.15) is 22.8 Å². The third-order valence-electron chi connectivity index (χ3n) is 4.47. The van der Waals surface area contributed by atoms with Crippen molar-refractivity contribution in [3.8, 4) is 0 Å². The summed E-state index contributed by atoms with van der Waals surface area (Å²) >= 11 is 17.8. The van der Waals surface area contributed by atoms with Crippen molar-refractivity contribution in [3.05, 3.63) is 87.0 Å². The summed E-state index contributed by atoms with van der Waals surface area (Å²) in [6.07, 6.45) is 0.0503. The van der Waals surface area contributed by atoms with Crippen molar-refractivity contribution in [1.29, 1.82) is 0 Å². The van der Waals surface area contributed by atoms with Crippen molar-refractivity contribution in [2.45, 2.75) is 24.5 Å². The molecule has 2 N–H and O–H groups in total. The van der Waals surface area contributed by atoms with Gasteiger partial charge in [0.15, 0.2) is 11.9 Å². The number of aromatic nitrogens is 1. The standard InChI is InChI=1S/C22H18Cl3N3O5S/c1-13(21(29)28-20-18(25)10-16(23)12-26-20)33-22(30)15-7-8-17(24)19(9-15)34(31,32)27-11-14-5-3-2-4-6-14/h2-10,12-13,27H,11H2,1H3,(H,26,28,29)/t13-/m1/s1. The number of hydrogen-bond acceptors (Lipinski definition) is 6. The molecular weight excluding hydrogens is 525 g/mol. The van der Waals surface area contributed by atoms with E-state index in [1.54, 1.807) is 24.3 Å². The number of halogens is 3. The minimum absolute atomic E-state index is 0.0344. The Bertz CT molecular complexity index is 1320. The zero-order chi connectivity index (χ0) is 24.9. The molecule has 1 amide bonds. The van der Waals surface area contributed by atoms with Crippen LogP contribution < -0.4 is 10.0 Å². The number of benzene rings is 2. The number of sulfonamides is 1. The van der Waals surface area contributed by atoms with E-state index in [1.807, 2.05) is 6.07 Å². The number of anilines is 1. The van der Waals surface area contributed by atoms with E-state index in [2.05, 4.69) is 15.0 Å². The van der Waals surface area contributed by atoms with Crippen molar-refractivity contribution in [2.24, 2.45) is 0 Å². The van der Waals surface area contributed by atoms with Gasteiger partial charge in [0.1, 0.15) is 4.90 Å². The molecule has 0 saturated heterocycles. The predicted molar refractivity (Wildman–Crippen MR) is 130 cm³/mol. The minimum atomic E-state index is -4.04. The number of pyridine rings is 1. The van der Waals surface area contributed by atoms with Crippen LogP contribution in [-0.4, -0.2) is 31.4 Å². The number of esters is 1. The second kappa shape index (κ2) is 11.2. The summed E-state index contributed by atoms with van der Waals surface area (Å²) < 4.78 is 33.1. The van der Waals surface area contributed by atoms with Crippen molar-refractivity contribution in [3.63, 3.8) is 0 Å². The lowest BCUT2D eigenvalue weighted by Gasteiger charge is -2.15. The van der Waals surface area contributed by atoms with Gasteiger partial charge in [0.05, 0.1) is 20.6 Å². The molecule has 0 unspecified atom stereocenters. The fraction of sp³-hybridized carbons (Fsp3) is 0.136. The molecular formula is C22H18Cl3N3O5S. The van der Waals surface area contributed by atoms with E-state index in [-0.39, 0.29) is 37.9 Å². The van der Waals surface area contributed by atoms with E-state index in [0.717, 1.165) is 11.6 Å². The van der Waals surface area contributed by atoms with Gasteiger partial charge in [0.25, 0.3) is 5.91 Å². The lowest BCUT2D eigenvalue weighted by molar-refractivity contribution is -0.123. The van der Waals surface area contributed by atoms with Gasteiger partial charge in [0.2, 0.25) is 10.0 Å². The van der Waals surface area contributed by atoms with Gasteiger partial charge < -0.3 is 10.1 Å². The van der Waals surface area contributed by atoms with Gasteiger partial charge in [-0.15, -0.1) is 0 Å². The molecule has 34 heavy (non-hydrogen) atoms. The van der Waals surface area contributed by atoms with Crippen LogP contribution in [0.2, 0.25) is 15.1 Å². The van der Waals surface area contributed by atoms with Gasteiger partial charge in [-0.2, -0.15) is 0 Å². The van der Waals surface area contributed by atoms with Crippen molar-refractivity contribution in [2.75, 3.05) is 5.32 Å². The number of hydrogen-bond donors (Lipinski definition) is 2. The van der Waals surface area contributed by atoms with Crippen LogP contribution >= 0.6 is 34.8 Å². The minimum Gasteiger partial charge on any atom is -0.449 e. The summed E-state index contributed by atoms with van der Waals surface area (Å²) in [5, 5.41) is 2.74. The number of carbonyl (C=O) groups is 2. The van der Waals surface area contributed by atoms with Gasteiger partial charge >= 0.3 is 5.97 Å². The molecule has 0 aliphatic heterocycles. The van der Waals surface area contributed by atoms with E-state index >= 15 is 0 Å². The summed E-state index contributed by atoms with van der Waals surface area (Å²) in [6.45, 7) is 1.37. The van der Waals surface area contributed by atoms with Crippen LogP contribution in [0.3, 0.4) is 0 Å². The molecule has 8 nitrogen and oxygen atoms in total. The third kappa shape index (κ3) is 6.68. The lowest BCUT2D eigenvalue weighted by atomic mass is 10.2. The highest BCUT2D eigenvalue weighted by Gasteiger charge is 2.24. The van der Waals surface area contributed by atoms with Crippen molar-refractivity contribution < 1.29 is 22.7 Å². The Labute approximate surface area is 211 Å². The first-order valence-electron chi connectivity index (χ1n) is 9.73. The maximum absolute atomic E-state index is 12.8. The maximum atomic E-state index is 12.8. The first kappa shape index (κ1) is 25.9. The molecule has 0 aliphatic rings. The van der Waals surface area contributed by atoms with Crippen LogP contribution in [0, 0.1) is 0 Å². The molecule has 1 atom stereocenters. The van der Waals surface area contributed by atoms with Crippen LogP contribution in [0.5, 0.6) is 0 Å². The molecule has 3 aromatic rings. The number of amides is 1. The first-order chi connectivity index (χ1) is 16.1. The Morgan fingerprint density at radius 2 is 1.74 bits per heavy atom. The summed E-state index contributed by atoms with van der Waals surface area (Å²) in [7, 11) is -4.04. The number of nitrogens with one attached hydrogen (secondary N) is 2. The van der Waals surface area contributed by atoms with E-state index in [0.29, 0.717) is 0 Å². The van der Waals surface area contributed by atoms with E-state index < -0.39 is 28.0 Å². The van der Waals surface area contributed by atoms with Crippen LogP contribution in [-0.2, 0) is 26.1 Å². The zero-order valence-electron chi connectivity index (χ0n) is 17.6. The van der Waals surface area contributed by atoms with E-state index in [4.69, 9.17) is 39.5 Å². The number of rotatable bonds is 8. The lowest BCUT2D eigenvalue weighted by Crippen LogP contribution is -2.30. The van der Waals surface area contributed by atoms with Crippen molar-refractivity contribution >= 4 is 62.5 Å². The number of nitrogens with zero attached hydrogens (tertiary/aromatic N) is 1. The molecule has 0 saturated carbocycles. The summed E-state index contributed by atoms with van der Waals surface area (Å²) in [4.78, 5) is 28.5. The number of carbonyl (C=O) groups excluding carboxylic acids is 2. The Morgan fingerprint density at radius 3 is 2.41 bits per heavy atom. The average Bonchev–Trinajstić information content (AvgIpc) is 2.80. The average molecular weight is 543 g/mol. The highest BCUT2D eigenvalue weighted by molar-refractivity contribution is 7.89. The van der Waals surface area contributed by atoms with Gasteiger partial charge in [-0.25, -0.2) is 22.9 Å². The smallest absolute Gasteiger partial charge is 0.338 e. The molecule has 3 rings (SSSR count). The molecule has 0 aliphatic carbocycles.